The Kier molecular flexibility index (Phi) is 2.90. The zero-order valence-corrected chi connectivity index (χ0v) is 10.5. The van der Waals surface area contributed by atoms with Crippen molar-refractivity contribution in [2.24, 2.45) is 0 Å². The Hall–Kier alpha value is -1.27. The fraction of sp³-hybridized carbons (Fsp3) is 0.545. The van der Waals surface area contributed by atoms with Crippen molar-refractivity contribution in [1.29, 1.82) is 0 Å². The smallest absolute Gasteiger partial charge is 0.231 e. The van der Waals surface area contributed by atoms with E-state index in [4.69, 9.17) is 4.52 Å². The van der Waals surface area contributed by atoms with E-state index in [0.717, 1.165) is 35.3 Å². The van der Waals surface area contributed by atoms with Gasteiger partial charge >= 0.3 is 0 Å². The molecule has 0 spiro atoms. The molecule has 0 aromatic carbocycles. The maximum atomic E-state index is 5.35. The van der Waals surface area contributed by atoms with Crippen LogP contribution in [0.5, 0.6) is 0 Å². The fourth-order valence-electron chi connectivity index (χ4n) is 2.03. The van der Waals surface area contributed by atoms with E-state index in [-0.39, 0.29) is 0 Å². The van der Waals surface area contributed by atoms with Gasteiger partial charge < -0.3 is 9.84 Å². The second-order valence-corrected chi connectivity index (χ2v) is 5.48. The molecule has 0 aliphatic carbocycles. The standard InChI is InChI=1S/C11H14N4OS/c1-7-13-6-9(17-7)10-14-11(16-15-10)8-3-2-4-12-5-8/h6,8,12H,2-5H2,1H3/t8-/m0/s1. The molecule has 0 bridgehead atoms. The highest BCUT2D eigenvalue weighted by atomic mass is 32.1. The minimum absolute atomic E-state index is 0.360. The third kappa shape index (κ3) is 2.23. The Balaban J connectivity index is 1.82. The second kappa shape index (κ2) is 4.54. The van der Waals surface area contributed by atoms with Crippen LogP contribution in [0.4, 0.5) is 0 Å². The molecule has 5 nitrogen and oxygen atoms in total. The van der Waals surface area contributed by atoms with E-state index in [1.165, 1.54) is 6.42 Å². The van der Waals surface area contributed by atoms with Crippen LogP contribution in [-0.4, -0.2) is 28.2 Å². The molecule has 3 rings (SSSR count). The van der Waals surface area contributed by atoms with E-state index < -0.39 is 0 Å². The van der Waals surface area contributed by atoms with E-state index in [1.807, 2.05) is 6.92 Å². The Morgan fingerprint density at radius 2 is 2.47 bits per heavy atom. The van der Waals surface area contributed by atoms with Gasteiger partial charge in [-0.1, -0.05) is 5.16 Å². The summed E-state index contributed by atoms with van der Waals surface area (Å²) in [5.74, 6) is 1.77. The molecule has 1 saturated heterocycles. The molecule has 1 atom stereocenters. The lowest BCUT2D eigenvalue weighted by molar-refractivity contribution is 0.322. The van der Waals surface area contributed by atoms with Crippen LogP contribution in [0.25, 0.3) is 10.7 Å². The summed E-state index contributed by atoms with van der Waals surface area (Å²) in [4.78, 5) is 9.64. The van der Waals surface area contributed by atoms with Crippen molar-refractivity contribution < 1.29 is 4.52 Å². The van der Waals surface area contributed by atoms with Gasteiger partial charge in [-0.3, -0.25) is 0 Å². The molecule has 1 N–H and O–H groups in total. The zero-order valence-electron chi connectivity index (χ0n) is 9.64. The Morgan fingerprint density at radius 3 is 3.18 bits per heavy atom. The Morgan fingerprint density at radius 1 is 1.53 bits per heavy atom. The van der Waals surface area contributed by atoms with E-state index in [9.17, 15) is 0 Å². The van der Waals surface area contributed by atoms with Gasteiger partial charge in [0.05, 0.1) is 15.8 Å². The van der Waals surface area contributed by atoms with Crippen molar-refractivity contribution in [3.05, 3.63) is 17.1 Å². The number of nitrogens with one attached hydrogen (secondary N) is 1. The quantitative estimate of drug-likeness (QED) is 0.882. The fourth-order valence-corrected chi connectivity index (χ4v) is 2.73. The topological polar surface area (TPSA) is 63.8 Å². The van der Waals surface area contributed by atoms with Crippen LogP contribution >= 0.6 is 11.3 Å². The molecule has 0 unspecified atom stereocenters. The van der Waals surface area contributed by atoms with Crippen molar-refractivity contribution in [1.82, 2.24) is 20.4 Å². The number of piperidine rings is 1. The highest BCUT2D eigenvalue weighted by Gasteiger charge is 2.22. The number of hydrogen-bond acceptors (Lipinski definition) is 6. The molecule has 1 fully saturated rings. The summed E-state index contributed by atoms with van der Waals surface area (Å²) in [6.45, 7) is 4.00. The molecule has 17 heavy (non-hydrogen) atoms. The number of hydrogen-bond donors (Lipinski definition) is 1. The third-order valence-electron chi connectivity index (χ3n) is 2.93. The second-order valence-electron chi connectivity index (χ2n) is 4.24. The Labute approximate surface area is 103 Å². The summed E-state index contributed by atoms with van der Waals surface area (Å²) in [7, 11) is 0. The minimum Gasteiger partial charge on any atom is -0.339 e. The lowest BCUT2D eigenvalue weighted by atomic mass is 10.00. The average Bonchev–Trinajstić information content (AvgIpc) is 2.98. The molecular formula is C11H14N4OS. The summed E-state index contributed by atoms with van der Waals surface area (Å²) in [5, 5.41) is 8.40. The monoisotopic (exact) mass is 250 g/mol. The molecule has 2 aromatic heterocycles. The zero-order chi connectivity index (χ0) is 11.7. The van der Waals surface area contributed by atoms with Gasteiger partial charge in [-0.2, -0.15) is 4.98 Å². The number of aromatic nitrogens is 3. The first-order valence-corrected chi connectivity index (χ1v) is 6.62. The molecule has 6 heteroatoms. The number of thiazole rings is 1. The van der Waals surface area contributed by atoms with Gasteiger partial charge in [0, 0.05) is 12.7 Å². The molecular weight excluding hydrogens is 236 g/mol. The highest BCUT2D eigenvalue weighted by molar-refractivity contribution is 7.14. The van der Waals surface area contributed by atoms with Gasteiger partial charge in [-0.05, 0) is 26.3 Å². The summed E-state index contributed by atoms with van der Waals surface area (Å²) < 4.78 is 5.35. The van der Waals surface area contributed by atoms with E-state index in [2.05, 4.69) is 20.4 Å². The first-order chi connectivity index (χ1) is 8.33. The van der Waals surface area contributed by atoms with Gasteiger partial charge in [0.2, 0.25) is 11.7 Å². The molecule has 3 heterocycles. The molecule has 2 aromatic rings. The molecule has 1 aliphatic rings. The lowest BCUT2D eigenvalue weighted by Crippen LogP contribution is -2.28. The molecule has 0 radical (unpaired) electrons. The van der Waals surface area contributed by atoms with Crippen molar-refractivity contribution in [3.8, 4) is 10.7 Å². The molecule has 0 saturated carbocycles. The number of nitrogens with zero attached hydrogens (tertiary/aromatic N) is 3. The van der Waals surface area contributed by atoms with Crippen LogP contribution in [-0.2, 0) is 0 Å². The van der Waals surface area contributed by atoms with Gasteiger partial charge in [0.1, 0.15) is 0 Å². The van der Waals surface area contributed by atoms with Crippen LogP contribution in [0.3, 0.4) is 0 Å². The molecule has 0 amide bonds. The van der Waals surface area contributed by atoms with Crippen LogP contribution in [0.2, 0.25) is 0 Å². The highest BCUT2D eigenvalue weighted by Crippen LogP contribution is 2.27. The lowest BCUT2D eigenvalue weighted by Gasteiger charge is -2.18. The first-order valence-electron chi connectivity index (χ1n) is 5.80. The van der Waals surface area contributed by atoms with Crippen LogP contribution < -0.4 is 5.32 Å². The van der Waals surface area contributed by atoms with Crippen LogP contribution in [0.1, 0.15) is 29.7 Å². The first kappa shape index (κ1) is 10.9. The average molecular weight is 250 g/mol. The Bertz CT molecular complexity index is 501. The van der Waals surface area contributed by atoms with Crippen molar-refractivity contribution in [2.45, 2.75) is 25.7 Å². The summed E-state index contributed by atoms with van der Waals surface area (Å²) in [5.41, 5.74) is 0. The van der Waals surface area contributed by atoms with Gasteiger partial charge in [-0.25, -0.2) is 4.98 Å². The summed E-state index contributed by atoms with van der Waals surface area (Å²) in [6.07, 6.45) is 4.09. The van der Waals surface area contributed by atoms with E-state index in [0.29, 0.717) is 11.7 Å². The van der Waals surface area contributed by atoms with Crippen molar-refractivity contribution in [3.63, 3.8) is 0 Å². The van der Waals surface area contributed by atoms with Gasteiger partial charge in [0.15, 0.2) is 0 Å². The third-order valence-corrected chi connectivity index (χ3v) is 3.84. The molecule has 1 aliphatic heterocycles. The van der Waals surface area contributed by atoms with Gasteiger partial charge in [0.25, 0.3) is 0 Å². The molecule has 90 valence electrons. The van der Waals surface area contributed by atoms with Crippen LogP contribution in [0, 0.1) is 6.92 Å². The van der Waals surface area contributed by atoms with Gasteiger partial charge in [-0.15, -0.1) is 11.3 Å². The number of rotatable bonds is 2. The van der Waals surface area contributed by atoms with Crippen LogP contribution in [0.15, 0.2) is 10.7 Å². The SMILES string of the molecule is Cc1ncc(-c2noc([C@H]3CCCNC3)n2)s1. The summed E-state index contributed by atoms with van der Waals surface area (Å²) in [6, 6.07) is 0. The van der Waals surface area contributed by atoms with E-state index in [1.54, 1.807) is 17.5 Å². The van der Waals surface area contributed by atoms with Crippen molar-refractivity contribution in [2.75, 3.05) is 13.1 Å². The normalized spacial score (nSPS) is 20.6. The summed E-state index contributed by atoms with van der Waals surface area (Å²) >= 11 is 1.59. The predicted molar refractivity (Wildman–Crippen MR) is 65.0 cm³/mol. The maximum Gasteiger partial charge on any atom is 0.231 e. The minimum atomic E-state index is 0.360. The van der Waals surface area contributed by atoms with E-state index >= 15 is 0 Å². The van der Waals surface area contributed by atoms with Crippen molar-refractivity contribution >= 4 is 11.3 Å². The predicted octanol–water partition coefficient (Wildman–Crippen LogP) is 1.97. The number of aryl methyl sites for hydroxylation is 1. The largest absolute Gasteiger partial charge is 0.339 e. The maximum absolute atomic E-state index is 5.35.